The predicted molar refractivity (Wildman–Crippen MR) is 118 cm³/mol. The lowest BCUT2D eigenvalue weighted by Crippen LogP contribution is -2.42. The first-order valence-electron chi connectivity index (χ1n) is 9.74. The van der Waals surface area contributed by atoms with Crippen LogP contribution in [0.15, 0.2) is 13.9 Å². The molecule has 0 spiro atoms. The topological polar surface area (TPSA) is 127 Å². The molecule has 0 fully saturated rings. The Hall–Kier alpha value is -2.14. The van der Waals surface area contributed by atoms with Gasteiger partial charge in [-0.1, -0.05) is 56.2 Å². The van der Waals surface area contributed by atoms with Gasteiger partial charge in [0, 0.05) is 13.1 Å². The predicted octanol–water partition coefficient (Wildman–Crippen LogP) is 2.39. The maximum atomic E-state index is 13.0. The highest BCUT2D eigenvalue weighted by Crippen LogP contribution is 2.24. The Bertz CT molecular complexity index is 936. The molecular weight excluding hydrogens is 412 g/mol. The van der Waals surface area contributed by atoms with Gasteiger partial charge in [-0.2, -0.15) is 0 Å². The maximum absolute atomic E-state index is 13.0. The van der Waals surface area contributed by atoms with Crippen molar-refractivity contribution in [1.82, 2.24) is 19.7 Å². The van der Waals surface area contributed by atoms with Gasteiger partial charge in [0.1, 0.15) is 10.8 Å². The minimum absolute atomic E-state index is 0.0359. The van der Waals surface area contributed by atoms with E-state index in [-0.39, 0.29) is 23.2 Å². The number of anilines is 2. The van der Waals surface area contributed by atoms with Crippen molar-refractivity contribution in [3.8, 4) is 0 Å². The van der Waals surface area contributed by atoms with Gasteiger partial charge in [-0.15, -0.1) is 10.2 Å². The van der Waals surface area contributed by atoms with Crippen LogP contribution < -0.4 is 21.9 Å². The molecule has 2 heterocycles. The lowest BCUT2D eigenvalue weighted by Gasteiger charge is -2.24. The van der Waals surface area contributed by atoms with Crippen molar-refractivity contribution in [1.29, 1.82) is 0 Å². The average Bonchev–Trinajstić information content (AvgIpc) is 3.10. The second kappa shape index (κ2) is 11.1. The molecule has 0 aliphatic carbocycles. The summed E-state index contributed by atoms with van der Waals surface area (Å²) in [6, 6.07) is 0. The summed E-state index contributed by atoms with van der Waals surface area (Å²) in [5, 5.41) is 8.78. The largest absolute Gasteiger partial charge is 0.383 e. The monoisotopic (exact) mass is 440 g/mol. The molecule has 0 saturated heterocycles. The van der Waals surface area contributed by atoms with E-state index in [1.54, 1.807) is 0 Å². The van der Waals surface area contributed by atoms with Crippen LogP contribution in [0.25, 0.3) is 0 Å². The SMILES string of the molecule is CCCCCN(C(=O)CSc1nnc(C)s1)c1c(N)n(CCCC)c(=O)[nH]c1=O. The molecule has 0 saturated carbocycles. The standard InChI is InChI=1S/C18H28N6O3S2/c1-4-6-8-10-23(13(25)11-28-18-22-21-12(3)29-18)14-15(19)24(9-7-5-2)17(27)20-16(14)26/h4-11,19H2,1-3H3,(H,20,26,27). The van der Waals surface area contributed by atoms with Gasteiger partial charge in [0.15, 0.2) is 10.0 Å². The molecule has 1 amide bonds. The number of aromatic amines is 1. The fourth-order valence-corrected chi connectivity index (χ4v) is 4.49. The minimum Gasteiger partial charge on any atom is -0.383 e. The zero-order chi connectivity index (χ0) is 21.4. The summed E-state index contributed by atoms with van der Waals surface area (Å²) >= 11 is 2.69. The second-order valence-electron chi connectivity index (χ2n) is 6.63. The fraction of sp³-hybridized carbons (Fsp3) is 0.611. The summed E-state index contributed by atoms with van der Waals surface area (Å²) < 4.78 is 2.03. The number of nitrogens with zero attached hydrogens (tertiary/aromatic N) is 4. The van der Waals surface area contributed by atoms with Crippen LogP contribution in [-0.4, -0.2) is 38.0 Å². The van der Waals surface area contributed by atoms with E-state index in [1.807, 2.05) is 13.8 Å². The summed E-state index contributed by atoms with van der Waals surface area (Å²) in [5.74, 6) is -0.112. The number of carbonyl (C=O) groups excluding carboxylic acids is 1. The number of nitrogen functional groups attached to an aromatic ring is 1. The highest BCUT2D eigenvalue weighted by molar-refractivity contribution is 8.01. The first kappa shape index (κ1) is 23.1. The minimum atomic E-state index is -0.637. The number of hydrogen-bond acceptors (Lipinski definition) is 8. The molecule has 29 heavy (non-hydrogen) atoms. The number of nitrogens with one attached hydrogen (secondary N) is 1. The van der Waals surface area contributed by atoms with Crippen molar-refractivity contribution in [2.45, 2.75) is 63.8 Å². The Morgan fingerprint density at radius 1 is 1.21 bits per heavy atom. The van der Waals surface area contributed by atoms with Gasteiger partial charge in [0.2, 0.25) is 5.91 Å². The van der Waals surface area contributed by atoms with E-state index in [0.717, 1.165) is 37.1 Å². The Morgan fingerprint density at radius 2 is 1.93 bits per heavy atom. The molecule has 3 N–H and O–H groups in total. The van der Waals surface area contributed by atoms with Crippen LogP contribution in [0.3, 0.4) is 0 Å². The Balaban J connectivity index is 2.33. The summed E-state index contributed by atoms with van der Waals surface area (Å²) in [5.41, 5.74) is 5.06. The van der Waals surface area contributed by atoms with Crippen LogP contribution in [-0.2, 0) is 11.3 Å². The molecular formula is C18H28N6O3S2. The van der Waals surface area contributed by atoms with Crippen LogP contribution in [0.4, 0.5) is 11.5 Å². The number of unbranched alkanes of at least 4 members (excludes halogenated alkanes) is 3. The normalized spacial score (nSPS) is 11.0. The number of H-pyrrole nitrogens is 1. The van der Waals surface area contributed by atoms with Gasteiger partial charge in [-0.25, -0.2) is 4.79 Å². The summed E-state index contributed by atoms with van der Waals surface area (Å²) in [6.45, 7) is 6.66. The van der Waals surface area contributed by atoms with Gasteiger partial charge in [-0.05, 0) is 19.8 Å². The zero-order valence-corrected chi connectivity index (χ0v) is 18.7. The molecule has 0 aliphatic heterocycles. The second-order valence-corrected chi connectivity index (χ2v) is 9.03. The summed E-state index contributed by atoms with van der Waals surface area (Å²) in [7, 11) is 0. The molecule has 0 radical (unpaired) electrons. The van der Waals surface area contributed by atoms with E-state index in [4.69, 9.17) is 5.73 Å². The van der Waals surface area contributed by atoms with E-state index in [0.29, 0.717) is 17.4 Å². The van der Waals surface area contributed by atoms with E-state index in [2.05, 4.69) is 22.1 Å². The first-order valence-corrected chi connectivity index (χ1v) is 11.5. The molecule has 2 aromatic rings. The van der Waals surface area contributed by atoms with E-state index < -0.39 is 11.2 Å². The van der Waals surface area contributed by atoms with Crippen LogP contribution >= 0.6 is 23.1 Å². The van der Waals surface area contributed by atoms with Crippen LogP contribution in [0.5, 0.6) is 0 Å². The van der Waals surface area contributed by atoms with Crippen LogP contribution in [0.2, 0.25) is 0 Å². The quantitative estimate of drug-likeness (QED) is 0.406. The molecule has 0 aromatic carbocycles. The van der Waals surface area contributed by atoms with Gasteiger partial charge in [0.25, 0.3) is 5.56 Å². The molecule has 9 nitrogen and oxygen atoms in total. The third-order valence-corrected chi connectivity index (χ3v) is 6.29. The molecule has 160 valence electrons. The molecule has 0 unspecified atom stereocenters. The van der Waals surface area contributed by atoms with Gasteiger partial charge >= 0.3 is 5.69 Å². The number of aromatic nitrogens is 4. The highest BCUT2D eigenvalue weighted by atomic mass is 32.2. The van der Waals surface area contributed by atoms with Gasteiger partial charge in [-0.3, -0.25) is 19.1 Å². The number of rotatable bonds is 11. The summed E-state index contributed by atoms with van der Waals surface area (Å²) in [6.07, 6.45) is 4.24. The van der Waals surface area contributed by atoms with Crippen molar-refractivity contribution >= 4 is 40.5 Å². The van der Waals surface area contributed by atoms with E-state index in [1.165, 1.54) is 32.6 Å². The Morgan fingerprint density at radius 3 is 2.55 bits per heavy atom. The lowest BCUT2D eigenvalue weighted by atomic mass is 10.2. The van der Waals surface area contributed by atoms with Gasteiger partial charge < -0.3 is 10.6 Å². The molecule has 0 aliphatic rings. The van der Waals surface area contributed by atoms with Crippen molar-refractivity contribution in [3.63, 3.8) is 0 Å². The number of nitrogens with two attached hydrogens (primary N) is 1. The fourth-order valence-electron chi connectivity index (χ4n) is 2.80. The van der Waals surface area contributed by atoms with Crippen molar-refractivity contribution in [3.05, 3.63) is 25.8 Å². The number of thioether (sulfide) groups is 1. The zero-order valence-electron chi connectivity index (χ0n) is 17.1. The molecule has 0 bridgehead atoms. The Labute approximate surface area is 177 Å². The Kier molecular flexibility index (Phi) is 8.90. The number of carbonyl (C=O) groups is 1. The van der Waals surface area contributed by atoms with Crippen LogP contribution in [0, 0.1) is 6.92 Å². The highest BCUT2D eigenvalue weighted by Gasteiger charge is 2.24. The number of amides is 1. The third-order valence-electron chi connectivity index (χ3n) is 4.33. The van der Waals surface area contributed by atoms with Crippen molar-refractivity contribution < 1.29 is 4.79 Å². The third kappa shape index (κ3) is 6.17. The van der Waals surface area contributed by atoms with Crippen molar-refractivity contribution in [2.75, 3.05) is 22.9 Å². The van der Waals surface area contributed by atoms with E-state index in [9.17, 15) is 14.4 Å². The molecule has 11 heteroatoms. The van der Waals surface area contributed by atoms with Crippen LogP contribution in [0.1, 0.15) is 51.0 Å². The molecule has 0 atom stereocenters. The number of aryl methyl sites for hydroxylation is 1. The molecule has 2 rings (SSSR count). The molecule has 2 aromatic heterocycles. The first-order chi connectivity index (χ1) is 13.9. The van der Waals surface area contributed by atoms with Crippen molar-refractivity contribution in [2.24, 2.45) is 0 Å². The smallest absolute Gasteiger partial charge is 0.330 e. The average molecular weight is 441 g/mol. The number of hydrogen-bond donors (Lipinski definition) is 2. The lowest BCUT2D eigenvalue weighted by molar-refractivity contribution is -0.116. The van der Waals surface area contributed by atoms with E-state index >= 15 is 0 Å². The summed E-state index contributed by atoms with van der Waals surface area (Å²) in [4.78, 5) is 41.5. The maximum Gasteiger partial charge on any atom is 0.330 e. The van der Waals surface area contributed by atoms with Gasteiger partial charge in [0.05, 0.1) is 5.75 Å².